The molecule has 1 aliphatic rings. The second kappa shape index (κ2) is 6.39. The van der Waals surface area contributed by atoms with Gasteiger partial charge in [-0.05, 0) is 55.9 Å². The fourth-order valence-corrected chi connectivity index (χ4v) is 2.48. The standard InChI is InChI=1S/C15H20F2N2O2/c1-8-5-11(6-9(2)13(8)21-15(16)17)14(20)19-12(7-18)10-3-4-10/h5-6,10,12,15H,3-4,7,18H2,1-2H3,(H,19,20). The van der Waals surface area contributed by atoms with Crippen LogP contribution < -0.4 is 15.8 Å². The van der Waals surface area contributed by atoms with Crippen LogP contribution in [0.1, 0.15) is 34.3 Å². The Kier molecular flexibility index (Phi) is 4.77. The van der Waals surface area contributed by atoms with E-state index in [0.29, 0.717) is 29.2 Å². The zero-order valence-corrected chi connectivity index (χ0v) is 12.2. The number of benzene rings is 1. The van der Waals surface area contributed by atoms with Gasteiger partial charge < -0.3 is 15.8 Å². The van der Waals surface area contributed by atoms with Crippen LogP contribution in [0, 0.1) is 19.8 Å². The van der Waals surface area contributed by atoms with Crippen molar-refractivity contribution in [3.63, 3.8) is 0 Å². The zero-order chi connectivity index (χ0) is 15.6. The van der Waals surface area contributed by atoms with E-state index >= 15 is 0 Å². The fourth-order valence-electron chi connectivity index (χ4n) is 2.48. The van der Waals surface area contributed by atoms with Gasteiger partial charge in [0.1, 0.15) is 5.75 Å². The number of halogens is 2. The molecule has 3 N–H and O–H groups in total. The van der Waals surface area contributed by atoms with E-state index in [2.05, 4.69) is 10.1 Å². The van der Waals surface area contributed by atoms with Crippen LogP contribution in [0.15, 0.2) is 12.1 Å². The first-order chi connectivity index (χ1) is 9.92. The number of aryl methyl sites for hydroxylation is 2. The number of amides is 1. The van der Waals surface area contributed by atoms with E-state index in [1.807, 2.05) is 0 Å². The van der Waals surface area contributed by atoms with Gasteiger partial charge >= 0.3 is 6.61 Å². The minimum Gasteiger partial charge on any atom is -0.434 e. The van der Waals surface area contributed by atoms with E-state index in [9.17, 15) is 13.6 Å². The smallest absolute Gasteiger partial charge is 0.387 e. The first kappa shape index (κ1) is 15.7. The van der Waals surface area contributed by atoms with Crippen LogP contribution in [0.25, 0.3) is 0 Å². The summed E-state index contributed by atoms with van der Waals surface area (Å²) in [5, 5.41) is 2.91. The maximum atomic E-state index is 12.3. The third-order valence-corrected chi connectivity index (χ3v) is 3.69. The van der Waals surface area contributed by atoms with Gasteiger partial charge in [-0.25, -0.2) is 0 Å². The Labute approximate surface area is 122 Å². The summed E-state index contributed by atoms with van der Waals surface area (Å²) in [7, 11) is 0. The molecule has 1 fully saturated rings. The Bertz CT molecular complexity index is 507. The third-order valence-electron chi connectivity index (χ3n) is 3.69. The molecule has 21 heavy (non-hydrogen) atoms. The maximum absolute atomic E-state index is 12.3. The van der Waals surface area contributed by atoms with Crippen molar-refractivity contribution in [3.8, 4) is 5.75 Å². The number of ether oxygens (including phenoxy) is 1. The SMILES string of the molecule is Cc1cc(C(=O)NC(CN)C2CC2)cc(C)c1OC(F)F. The topological polar surface area (TPSA) is 64.4 Å². The maximum Gasteiger partial charge on any atom is 0.387 e. The van der Waals surface area contributed by atoms with Crippen LogP contribution in [0.4, 0.5) is 8.78 Å². The molecule has 0 bridgehead atoms. The van der Waals surface area contributed by atoms with Crippen LogP contribution in [-0.2, 0) is 0 Å². The van der Waals surface area contributed by atoms with Gasteiger partial charge in [-0.2, -0.15) is 8.78 Å². The summed E-state index contributed by atoms with van der Waals surface area (Å²) in [6.07, 6.45) is 2.17. The lowest BCUT2D eigenvalue weighted by Crippen LogP contribution is -2.41. The van der Waals surface area contributed by atoms with E-state index in [1.165, 1.54) is 0 Å². The van der Waals surface area contributed by atoms with Crippen LogP contribution in [0.2, 0.25) is 0 Å². The molecule has 1 aromatic rings. The molecule has 0 saturated heterocycles. The summed E-state index contributed by atoms with van der Waals surface area (Å²) >= 11 is 0. The number of rotatable bonds is 6. The predicted octanol–water partition coefficient (Wildman–Crippen LogP) is 2.37. The first-order valence-corrected chi connectivity index (χ1v) is 6.99. The van der Waals surface area contributed by atoms with Gasteiger partial charge in [0, 0.05) is 18.2 Å². The predicted molar refractivity (Wildman–Crippen MR) is 75.6 cm³/mol. The van der Waals surface area contributed by atoms with Gasteiger partial charge in [-0.15, -0.1) is 0 Å². The fraction of sp³-hybridized carbons (Fsp3) is 0.533. The molecule has 0 aliphatic heterocycles. The molecule has 1 unspecified atom stereocenters. The minimum atomic E-state index is -2.88. The Balaban J connectivity index is 2.14. The van der Waals surface area contributed by atoms with Crippen molar-refractivity contribution in [1.82, 2.24) is 5.32 Å². The Hall–Kier alpha value is -1.69. The molecule has 1 amide bonds. The van der Waals surface area contributed by atoms with Crippen LogP contribution in [-0.4, -0.2) is 25.1 Å². The number of hydrogen-bond acceptors (Lipinski definition) is 3. The van der Waals surface area contributed by atoms with Crippen molar-refractivity contribution < 1.29 is 18.3 Å². The van der Waals surface area contributed by atoms with Gasteiger partial charge in [-0.3, -0.25) is 4.79 Å². The van der Waals surface area contributed by atoms with Gasteiger partial charge in [-0.1, -0.05) is 0 Å². The Morgan fingerprint density at radius 1 is 1.38 bits per heavy atom. The number of nitrogens with one attached hydrogen (secondary N) is 1. The molecule has 4 nitrogen and oxygen atoms in total. The molecule has 0 heterocycles. The molecule has 0 aromatic heterocycles. The van der Waals surface area contributed by atoms with E-state index in [4.69, 9.17) is 5.73 Å². The van der Waals surface area contributed by atoms with Crippen molar-refractivity contribution >= 4 is 5.91 Å². The van der Waals surface area contributed by atoms with Crippen molar-refractivity contribution in [2.24, 2.45) is 11.7 Å². The van der Waals surface area contributed by atoms with Crippen molar-refractivity contribution in [1.29, 1.82) is 0 Å². The summed E-state index contributed by atoms with van der Waals surface area (Å²) in [6, 6.07) is 3.09. The number of alkyl halides is 2. The van der Waals surface area contributed by atoms with Crippen molar-refractivity contribution in [2.75, 3.05) is 6.54 Å². The first-order valence-electron chi connectivity index (χ1n) is 6.99. The van der Waals surface area contributed by atoms with Gasteiger partial charge in [0.2, 0.25) is 0 Å². The molecular weight excluding hydrogens is 278 g/mol. The summed E-state index contributed by atoms with van der Waals surface area (Å²) < 4.78 is 29.2. The highest BCUT2D eigenvalue weighted by molar-refractivity contribution is 5.95. The molecule has 2 rings (SSSR count). The molecular formula is C15H20F2N2O2. The Morgan fingerprint density at radius 3 is 2.38 bits per heavy atom. The summed E-state index contributed by atoms with van der Waals surface area (Å²) in [4.78, 5) is 12.2. The highest BCUT2D eigenvalue weighted by Gasteiger charge is 2.31. The average molecular weight is 298 g/mol. The molecule has 0 radical (unpaired) electrons. The van der Waals surface area contributed by atoms with Crippen LogP contribution in [0.3, 0.4) is 0 Å². The molecule has 116 valence electrons. The monoisotopic (exact) mass is 298 g/mol. The van der Waals surface area contributed by atoms with Gasteiger partial charge in [0.05, 0.1) is 0 Å². The minimum absolute atomic E-state index is 0.0184. The number of hydrogen-bond donors (Lipinski definition) is 2. The molecule has 0 spiro atoms. The quantitative estimate of drug-likeness (QED) is 0.847. The Morgan fingerprint density at radius 2 is 1.95 bits per heavy atom. The largest absolute Gasteiger partial charge is 0.434 e. The molecule has 1 atom stereocenters. The van der Waals surface area contributed by atoms with E-state index in [1.54, 1.807) is 26.0 Å². The number of carbonyl (C=O) groups excluding carboxylic acids is 1. The molecule has 1 aliphatic carbocycles. The molecule has 6 heteroatoms. The lowest BCUT2D eigenvalue weighted by molar-refractivity contribution is -0.0507. The third kappa shape index (κ3) is 3.91. The summed E-state index contributed by atoms with van der Waals surface area (Å²) in [5.41, 5.74) is 7.12. The van der Waals surface area contributed by atoms with Gasteiger partial charge in [0.15, 0.2) is 0 Å². The van der Waals surface area contributed by atoms with E-state index < -0.39 is 6.61 Å². The lowest BCUT2D eigenvalue weighted by atomic mass is 10.0. The second-order valence-corrected chi connectivity index (χ2v) is 5.47. The number of nitrogens with two attached hydrogens (primary N) is 1. The van der Waals surface area contributed by atoms with E-state index in [0.717, 1.165) is 12.8 Å². The second-order valence-electron chi connectivity index (χ2n) is 5.47. The summed E-state index contributed by atoms with van der Waals surface area (Å²) in [6.45, 7) is 0.811. The van der Waals surface area contributed by atoms with Gasteiger partial charge in [0.25, 0.3) is 5.91 Å². The van der Waals surface area contributed by atoms with Crippen molar-refractivity contribution in [3.05, 3.63) is 28.8 Å². The molecule has 1 saturated carbocycles. The normalized spacial score (nSPS) is 15.9. The highest BCUT2D eigenvalue weighted by atomic mass is 19.3. The highest BCUT2D eigenvalue weighted by Crippen LogP contribution is 2.32. The summed E-state index contributed by atoms with van der Waals surface area (Å²) in [5.74, 6) is 0.355. The van der Waals surface area contributed by atoms with Crippen molar-refractivity contribution in [2.45, 2.75) is 39.3 Å². The number of carbonyl (C=O) groups is 1. The molecule has 1 aromatic carbocycles. The van der Waals surface area contributed by atoms with Crippen LogP contribution >= 0.6 is 0 Å². The lowest BCUT2D eigenvalue weighted by Gasteiger charge is -2.17. The zero-order valence-electron chi connectivity index (χ0n) is 12.2. The van der Waals surface area contributed by atoms with Crippen LogP contribution in [0.5, 0.6) is 5.75 Å². The average Bonchev–Trinajstić information content (AvgIpc) is 3.23. The van der Waals surface area contributed by atoms with E-state index in [-0.39, 0.29) is 17.7 Å².